The second kappa shape index (κ2) is 8.27. The Morgan fingerprint density at radius 3 is 2.61 bits per heavy atom. The molecule has 0 fully saturated rings. The number of nitrogens with one attached hydrogen (secondary N) is 1. The van der Waals surface area contributed by atoms with Crippen LogP contribution >= 0.6 is 0 Å². The van der Waals surface area contributed by atoms with Crippen LogP contribution in [0.5, 0.6) is 0 Å². The van der Waals surface area contributed by atoms with Crippen LogP contribution in [-0.4, -0.2) is 36.5 Å². The number of rotatable bonds is 4. The number of fused-ring (bicyclic) bond motifs is 2. The highest BCUT2D eigenvalue weighted by Crippen LogP contribution is 2.42. The molecule has 0 radical (unpaired) electrons. The first-order valence-electron chi connectivity index (χ1n) is 9.61. The molecule has 8 heteroatoms. The average molecular weight is 417 g/mol. The molecular formula is C23H19N3O5. The lowest BCUT2D eigenvalue weighted by atomic mass is 10.1. The molecule has 3 aliphatic rings. The molecule has 0 aromatic heterocycles. The molecule has 8 nitrogen and oxygen atoms in total. The molecule has 4 rings (SSSR count). The minimum absolute atomic E-state index is 0.00188. The van der Waals surface area contributed by atoms with E-state index in [4.69, 9.17) is 4.74 Å². The summed E-state index contributed by atoms with van der Waals surface area (Å²) < 4.78 is 9.93. The highest BCUT2D eigenvalue weighted by molar-refractivity contribution is 6.20. The maximum Gasteiger partial charge on any atom is 0.342 e. The van der Waals surface area contributed by atoms with Crippen LogP contribution in [0, 0.1) is 0 Å². The maximum absolute atomic E-state index is 13.4. The van der Waals surface area contributed by atoms with Gasteiger partial charge in [0.05, 0.1) is 36.9 Å². The lowest BCUT2D eigenvalue weighted by molar-refractivity contribution is -0.135. The number of ether oxygens (including phenoxy) is 2. The lowest BCUT2D eigenvalue weighted by Crippen LogP contribution is -2.36. The number of anilines is 3. The van der Waals surface area contributed by atoms with Crippen LogP contribution in [0.4, 0.5) is 17.2 Å². The van der Waals surface area contributed by atoms with Crippen molar-refractivity contribution < 1.29 is 23.9 Å². The van der Waals surface area contributed by atoms with Crippen molar-refractivity contribution >= 4 is 35.0 Å². The van der Waals surface area contributed by atoms with Crippen LogP contribution in [0.2, 0.25) is 0 Å². The lowest BCUT2D eigenvalue weighted by Gasteiger charge is -2.30. The van der Waals surface area contributed by atoms with E-state index in [0.717, 1.165) is 6.08 Å². The fourth-order valence-corrected chi connectivity index (χ4v) is 3.39. The fourth-order valence-electron chi connectivity index (χ4n) is 3.39. The van der Waals surface area contributed by atoms with Crippen LogP contribution in [0.25, 0.3) is 11.3 Å². The van der Waals surface area contributed by atoms with Gasteiger partial charge in [-0.2, -0.15) is 0 Å². The Kier molecular flexibility index (Phi) is 5.36. The van der Waals surface area contributed by atoms with Gasteiger partial charge in [-0.25, -0.2) is 14.6 Å². The van der Waals surface area contributed by atoms with Crippen molar-refractivity contribution in [3.05, 3.63) is 71.9 Å². The topological polar surface area (TPSA) is 97.8 Å². The molecular weight excluding hydrogens is 398 g/mol. The first-order valence-corrected chi connectivity index (χ1v) is 9.61. The summed E-state index contributed by atoms with van der Waals surface area (Å²) in [6, 6.07) is 15.9. The van der Waals surface area contributed by atoms with E-state index in [2.05, 4.69) is 15.0 Å². The van der Waals surface area contributed by atoms with Gasteiger partial charge in [0.25, 0.3) is 5.91 Å². The van der Waals surface area contributed by atoms with Crippen molar-refractivity contribution in [2.75, 3.05) is 23.9 Å². The Morgan fingerprint density at radius 2 is 1.84 bits per heavy atom. The molecule has 1 amide bonds. The van der Waals surface area contributed by atoms with Crippen molar-refractivity contribution in [2.24, 2.45) is 0 Å². The normalized spacial score (nSPS) is 14.2. The number of aromatic nitrogens is 1. The minimum Gasteiger partial charge on any atom is -0.466 e. The van der Waals surface area contributed by atoms with Gasteiger partial charge in [0.15, 0.2) is 5.82 Å². The van der Waals surface area contributed by atoms with Crippen LogP contribution < -0.4 is 10.2 Å². The number of hydrogen-bond donors (Lipinski definition) is 1. The molecule has 1 aromatic carbocycles. The zero-order valence-electron chi connectivity index (χ0n) is 16.9. The van der Waals surface area contributed by atoms with Gasteiger partial charge in [0, 0.05) is 5.56 Å². The number of esters is 2. The molecule has 2 heterocycles. The van der Waals surface area contributed by atoms with E-state index >= 15 is 0 Å². The number of benzene rings is 1. The summed E-state index contributed by atoms with van der Waals surface area (Å²) in [6.07, 6.45) is 1.07. The summed E-state index contributed by atoms with van der Waals surface area (Å²) in [6.45, 7) is 1.88. The molecule has 0 saturated heterocycles. The Balaban J connectivity index is 1.98. The molecule has 2 aliphatic heterocycles. The Morgan fingerprint density at radius 1 is 1.10 bits per heavy atom. The van der Waals surface area contributed by atoms with Crippen molar-refractivity contribution in [1.82, 2.24) is 4.98 Å². The molecule has 0 saturated carbocycles. The molecule has 0 spiro atoms. The Bertz CT molecular complexity index is 1190. The van der Waals surface area contributed by atoms with Gasteiger partial charge in [-0.05, 0) is 25.1 Å². The van der Waals surface area contributed by atoms with E-state index in [0.29, 0.717) is 22.6 Å². The first-order chi connectivity index (χ1) is 15.0. The number of carbonyl (C=O) groups is 3. The van der Waals surface area contributed by atoms with Gasteiger partial charge in [0.1, 0.15) is 11.3 Å². The highest BCUT2D eigenvalue weighted by atomic mass is 16.5. The smallest absolute Gasteiger partial charge is 0.342 e. The molecule has 1 aliphatic carbocycles. The van der Waals surface area contributed by atoms with E-state index in [9.17, 15) is 14.4 Å². The van der Waals surface area contributed by atoms with Crippen LogP contribution in [-0.2, 0) is 19.1 Å². The number of nitrogens with zero attached hydrogens (tertiary/aromatic N) is 2. The standard InChI is InChI=1S/C23H19N3O5/c1-3-31-23(29)20-14-9-5-4-6-10-15(14)25-21(20)26-18-12-8-7-11-16(18)24-17(22(26)28)13-19(27)30-2/h4-13,24H,3H2,1-2H3/b17-13-. The minimum atomic E-state index is -0.687. The van der Waals surface area contributed by atoms with Gasteiger partial charge in [-0.15, -0.1) is 0 Å². The fraction of sp³-hybridized carbons (Fsp3) is 0.130. The zero-order valence-corrected chi connectivity index (χ0v) is 16.9. The third-order valence-electron chi connectivity index (χ3n) is 4.74. The van der Waals surface area contributed by atoms with Crippen molar-refractivity contribution in [3.8, 4) is 11.3 Å². The van der Waals surface area contributed by atoms with E-state index in [1.54, 1.807) is 55.5 Å². The van der Waals surface area contributed by atoms with E-state index in [1.165, 1.54) is 12.0 Å². The average Bonchev–Trinajstić information content (AvgIpc) is 2.96. The molecule has 0 unspecified atom stereocenters. The second-order valence-electron chi connectivity index (χ2n) is 6.60. The molecule has 1 aromatic rings. The van der Waals surface area contributed by atoms with Gasteiger partial charge >= 0.3 is 11.9 Å². The third kappa shape index (κ3) is 3.59. The van der Waals surface area contributed by atoms with E-state index in [1.807, 2.05) is 6.07 Å². The van der Waals surface area contributed by atoms with Crippen LogP contribution in [0.15, 0.2) is 66.4 Å². The monoisotopic (exact) mass is 417 g/mol. The van der Waals surface area contributed by atoms with Gasteiger partial charge < -0.3 is 14.8 Å². The quantitative estimate of drug-likeness (QED) is 0.512. The number of methoxy groups -OCH3 is 1. The number of amides is 1. The number of carbonyl (C=O) groups excluding carboxylic acids is 3. The maximum atomic E-state index is 13.4. The summed E-state index contributed by atoms with van der Waals surface area (Å²) in [5.74, 6) is -1.70. The second-order valence-corrected chi connectivity index (χ2v) is 6.60. The van der Waals surface area contributed by atoms with Crippen LogP contribution in [0.3, 0.4) is 0 Å². The molecule has 156 valence electrons. The Labute approximate surface area is 178 Å². The number of para-hydroxylation sites is 2. The summed E-state index contributed by atoms with van der Waals surface area (Å²) in [7, 11) is 1.22. The van der Waals surface area contributed by atoms with Gasteiger partial charge in [-0.1, -0.05) is 36.4 Å². The van der Waals surface area contributed by atoms with Crippen molar-refractivity contribution in [3.63, 3.8) is 0 Å². The highest BCUT2D eigenvalue weighted by Gasteiger charge is 2.36. The molecule has 31 heavy (non-hydrogen) atoms. The third-order valence-corrected chi connectivity index (χ3v) is 4.74. The summed E-state index contributed by atoms with van der Waals surface area (Å²) in [5.41, 5.74) is 2.33. The molecule has 1 N–H and O–H groups in total. The molecule has 0 bridgehead atoms. The van der Waals surface area contributed by atoms with Crippen LogP contribution in [0.1, 0.15) is 17.3 Å². The predicted molar refractivity (Wildman–Crippen MR) is 114 cm³/mol. The summed E-state index contributed by atoms with van der Waals surface area (Å²) >= 11 is 0. The van der Waals surface area contributed by atoms with Crippen molar-refractivity contribution in [2.45, 2.75) is 6.92 Å². The van der Waals surface area contributed by atoms with E-state index < -0.39 is 17.8 Å². The van der Waals surface area contributed by atoms with Crippen molar-refractivity contribution in [1.29, 1.82) is 0 Å². The largest absolute Gasteiger partial charge is 0.466 e. The predicted octanol–water partition coefficient (Wildman–Crippen LogP) is 3.51. The molecule has 0 atom stereocenters. The first kappa shape index (κ1) is 20.1. The summed E-state index contributed by atoms with van der Waals surface area (Å²) in [4.78, 5) is 44.0. The van der Waals surface area contributed by atoms with Gasteiger partial charge in [-0.3, -0.25) is 9.69 Å². The SMILES string of the molecule is CCOC(=O)c1c2cccccc-2nc1N1C(=O)/C(=C/C(=O)OC)Nc2ccccc21. The summed E-state index contributed by atoms with van der Waals surface area (Å²) in [5, 5.41) is 2.95. The van der Waals surface area contributed by atoms with Gasteiger partial charge in [0.2, 0.25) is 0 Å². The number of hydrogen-bond acceptors (Lipinski definition) is 7. The Hall–Kier alpha value is -4.20. The zero-order chi connectivity index (χ0) is 22.0. The van der Waals surface area contributed by atoms with E-state index in [-0.39, 0.29) is 23.7 Å².